The van der Waals surface area contributed by atoms with Crippen LogP contribution in [0.3, 0.4) is 0 Å². The van der Waals surface area contributed by atoms with E-state index >= 15 is 0 Å². The highest BCUT2D eigenvalue weighted by molar-refractivity contribution is 5.78. The van der Waals surface area contributed by atoms with Gasteiger partial charge in [0, 0.05) is 58.9 Å². The van der Waals surface area contributed by atoms with Crippen LogP contribution in [0.4, 0.5) is 0 Å². The quantitative estimate of drug-likeness (QED) is 0.354. The van der Waals surface area contributed by atoms with E-state index < -0.39 is 11.9 Å². The molecule has 0 aromatic carbocycles. The van der Waals surface area contributed by atoms with Crippen molar-refractivity contribution in [1.29, 1.82) is 0 Å². The van der Waals surface area contributed by atoms with Crippen LogP contribution in [0.1, 0.15) is 27.2 Å². The standard InChI is InChI=1S/C19H35N5O6.C2H6/c1-2-3-20-17(26)14-22-6-4-21(12-13-25)5-7-23(15-18(27)28)10-11-24(9-8-22)16-19(29)30;1-2/h13H,2-12,14-16H2,1H3,(H,20,26)(H,27,28)(H,29,30);1-2H3. The molecule has 0 radical (unpaired) electrons. The van der Waals surface area contributed by atoms with E-state index in [0.717, 1.165) is 12.7 Å². The predicted octanol–water partition coefficient (Wildman–Crippen LogP) is -0.871. The van der Waals surface area contributed by atoms with Gasteiger partial charge in [-0.05, 0) is 6.42 Å². The lowest BCUT2D eigenvalue weighted by molar-refractivity contribution is -0.140. The van der Waals surface area contributed by atoms with Crippen LogP contribution in [0.15, 0.2) is 0 Å². The molecular weight excluding hydrogens is 418 g/mol. The number of aldehydes is 1. The van der Waals surface area contributed by atoms with Gasteiger partial charge in [-0.25, -0.2) is 0 Å². The van der Waals surface area contributed by atoms with Crippen molar-refractivity contribution >= 4 is 24.1 Å². The van der Waals surface area contributed by atoms with E-state index in [1.54, 1.807) is 9.80 Å². The van der Waals surface area contributed by atoms with Crippen LogP contribution in [0, 0.1) is 0 Å². The van der Waals surface area contributed by atoms with Crippen LogP contribution in [0.2, 0.25) is 0 Å². The number of aliphatic carboxylic acids is 2. The van der Waals surface area contributed by atoms with Crippen LogP contribution in [0.25, 0.3) is 0 Å². The third-order valence-electron chi connectivity index (χ3n) is 4.92. The highest BCUT2D eigenvalue weighted by atomic mass is 16.4. The van der Waals surface area contributed by atoms with Gasteiger partial charge in [0.2, 0.25) is 5.91 Å². The van der Waals surface area contributed by atoms with Crippen molar-refractivity contribution in [3.05, 3.63) is 0 Å². The second kappa shape index (κ2) is 18.5. The number of nitrogens with one attached hydrogen (secondary N) is 1. The number of carbonyl (C=O) groups is 4. The predicted molar refractivity (Wildman–Crippen MR) is 122 cm³/mol. The summed E-state index contributed by atoms with van der Waals surface area (Å²) in [6.07, 6.45) is 1.67. The first kappa shape index (κ1) is 29.9. The van der Waals surface area contributed by atoms with E-state index in [9.17, 15) is 24.3 Å². The van der Waals surface area contributed by atoms with Gasteiger partial charge in [-0.1, -0.05) is 20.8 Å². The maximum absolute atomic E-state index is 12.2. The third kappa shape index (κ3) is 14.8. The van der Waals surface area contributed by atoms with Crippen molar-refractivity contribution in [2.45, 2.75) is 27.2 Å². The molecule has 11 nitrogen and oxygen atoms in total. The lowest BCUT2D eigenvalue weighted by Crippen LogP contribution is -2.49. The van der Waals surface area contributed by atoms with Crippen LogP contribution >= 0.6 is 0 Å². The van der Waals surface area contributed by atoms with Gasteiger partial charge >= 0.3 is 11.9 Å². The summed E-state index contributed by atoms with van der Waals surface area (Å²) >= 11 is 0. The summed E-state index contributed by atoms with van der Waals surface area (Å²) in [7, 11) is 0. The summed E-state index contributed by atoms with van der Waals surface area (Å²) in [4.78, 5) is 53.0. The Hall–Kier alpha value is -2.08. The number of carboxylic acids is 2. The molecule has 0 saturated carbocycles. The number of hydrogen-bond donors (Lipinski definition) is 3. The summed E-state index contributed by atoms with van der Waals surface area (Å²) in [6, 6.07) is 0. The van der Waals surface area contributed by atoms with Gasteiger partial charge in [0.15, 0.2) is 0 Å². The van der Waals surface area contributed by atoms with Gasteiger partial charge in [0.1, 0.15) is 6.29 Å². The zero-order valence-electron chi connectivity index (χ0n) is 19.8. The molecule has 32 heavy (non-hydrogen) atoms. The fourth-order valence-corrected chi connectivity index (χ4v) is 3.25. The number of nitrogens with zero attached hydrogens (tertiary/aromatic N) is 4. The summed E-state index contributed by atoms with van der Waals surface area (Å²) in [5.41, 5.74) is 0. The first-order valence-corrected chi connectivity index (χ1v) is 11.4. The molecule has 1 aliphatic rings. The van der Waals surface area contributed by atoms with Crippen LogP contribution < -0.4 is 5.32 Å². The lowest BCUT2D eigenvalue weighted by atomic mass is 10.3. The number of amides is 1. The Kier molecular flexibility index (Phi) is 17.3. The Balaban J connectivity index is 0.00000466. The van der Waals surface area contributed by atoms with E-state index in [0.29, 0.717) is 58.9 Å². The zero-order chi connectivity index (χ0) is 24.4. The largest absolute Gasteiger partial charge is 0.480 e. The van der Waals surface area contributed by atoms with Crippen LogP contribution in [-0.4, -0.2) is 139 Å². The third-order valence-corrected chi connectivity index (χ3v) is 4.92. The summed E-state index contributed by atoms with van der Waals surface area (Å²) in [5.74, 6) is -1.97. The van der Waals surface area contributed by atoms with Crippen molar-refractivity contribution in [2.75, 3.05) is 85.1 Å². The average Bonchev–Trinajstić information content (AvgIpc) is 2.74. The minimum Gasteiger partial charge on any atom is -0.480 e. The molecule has 0 spiro atoms. The van der Waals surface area contributed by atoms with E-state index in [1.807, 2.05) is 30.6 Å². The first-order valence-electron chi connectivity index (χ1n) is 11.4. The SMILES string of the molecule is CC.CCCNC(=O)CN1CCN(CC=O)CCN(CC(=O)O)CCN(CC(=O)O)CC1. The minimum atomic E-state index is -0.948. The molecule has 1 fully saturated rings. The summed E-state index contributed by atoms with van der Waals surface area (Å²) in [5, 5.41) is 21.2. The zero-order valence-corrected chi connectivity index (χ0v) is 19.8. The molecule has 0 bridgehead atoms. The Bertz CT molecular complexity index is 563. The van der Waals surface area contributed by atoms with Crippen LogP contribution in [0.5, 0.6) is 0 Å². The van der Waals surface area contributed by atoms with E-state index in [-0.39, 0.29) is 32.1 Å². The van der Waals surface area contributed by atoms with E-state index in [2.05, 4.69) is 5.32 Å². The van der Waals surface area contributed by atoms with Crippen molar-refractivity contribution in [1.82, 2.24) is 24.9 Å². The lowest BCUT2D eigenvalue weighted by Gasteiger charge is -2.32. The second-order valence-electron chi connectivity index (χ2n) is 7.43. The molecule has 3 N–H and O–H groups in total. The van der Waals surface area contributed by atoms with Gasteiger partial charge < -0.3 is 20.3 Å². The van der Waals surface area contributed by atoms with Gasteiger partial charge in [-0.15, -0.1) is 0 Å². The fourth-order valence-electron chi connectivity index (χ4n) is 3.25. The van der Waals surface area contributed by atoms with Crippen molar-refractivity contribution in [2.24, 2.45) is 0 Å². The normalized spacial score (nSPS) is 17.8. The first-order chi connectivity index (χ1) is 15.3. The number of carbonyl (C=O) groups excluding carboxylic acids is 2. The highest BCUT2D eigenvalue weighted by Crippen LogP contribution is 2.01. The molecule has 1 saturated heterocycles. The molecule has 0 aromatic rings. The van der Waals surface area contributed by atoms with Crippen molar-refractivity contribution in [3.8, 4) is 0 Å². The van der Waals surface area contributed by atoms with Crippen molar-refractivity contribution < 1.29 is 29.4 Å². The van der Waals surface area contributed by atoms with Gasteiger partial charge in [0.05, 0.1) is 26.2 Å². The maximum Gasteiger partial charge on any atom is 0.317 e. The van der Waals surface area contributed by atoms with E-state index in [1.165, 1.54) is 0 Å². The monoisotopic (exact) mass is 459 g/mol. The summed E-state index contributed by atoms with van der Waals surface area (Å²) in [6.45, 7) is 10.6. The van der Waals surface area contributed by atoms with Crippen LogP contribution in [-0.2, 0) is 19.2 Å². The molecule has 11 heteroatoms. The Labute approximate surface area is 191 Å². The minimum absolute atomic E-state index is 0.0803. The Morgan fingerprint density at radius 3 is 1.47 bits per heavy atom. The number of hydrogen-bond acceptors (Lipinski definition) is 8. The molecule has 186 valence electrons. The summed E-state index contributed by atoms with van der Waals surface area (Å²) < 4.78 is 0. The Morgan fingerprint density at radius 1 is 0.750 bits per heavy atom. The average molecular weight is 460 g/mol. The smallest absolute Gasteiger partial charge is 0.317 e. The molecule has 1 amide bonds. The van der Waals surface area contributed by atoms with Gasteiger partial charge in [0.25, 0.3) is 0 Å². The molecule has 1 rings (SSSR count). The van der Waals surface area contributed by atoms with Gasteiger partial charge in [-0.2, -0.15) is 0 Å². The molecule has 0 atom stereocenters. The molecule has 1 aliphatic heterocycles. The second-order valence-corrected chi connectivity index (χ2v) is 7.43. The van der Waals surface area contributed by atoms with E-state index in [4.69, 9.17) is 5.11 Å². The molecular formula is C21H41N5O6. The number of rotatable bonds is 10. The van der Waals surface area contributed by atoms with Gasteiger partial charge in [-0.3, -0.25) is 34.0 Å². The topological polar surface area (TPSA) is 134 Å². The maximum atomic E-state index is 12.2. The molecule has 0 aromatic heterocycles. The highest BCUT2D eigenvalue weighted by Gasteiger charge is 2.19. The number of carboxylic acid groups (broad SMARTS) is 2. The van der Waals surface area contributed by atoms with Crippen molar-refractivity contribution in [3.63, 3.8) is 0 Å². The molecule has 0 unspecified atom stereocenters. The molecule has 0 aliphatic carbocycles. The Morgan fingerprint density at radius 2 is 1.12 bits per heavy atom. The fraction of sp³-hybridized carbons (Fsp3) is 0.810. The molecule has 1 heterocycles.